The van der Waals surface area contributed by atoms with E-state index < -0.39 is 0 Å². The zero-order chi connectivity index (χ0) is 13.2. The Kier molecular flexibility index (Phi) is 2.84. The summed E-state index contributed by atoms with van der Waals surface area (Å²) >= 11 is 0. The molecule has 0 radical (unpaired) electrons. The third-order valence-electron chi connectivity index (χ3n) is 3.32. The van der Waals surface area contributed by atoms with Crippen molar-refractivity contribution in [3.8, 4) is 16.9 Å². The quantitative estimate of drug-likeness (QED) is 0.682. The molecule has 0 amide bonds. The van der Waals surface area contributed by atoms with Crippen molar-refractivity contribution in [2.75, 3.05) is 5.73 Å². The van der Waals surface area contributed by atoms with Crippen LogP contribution in [0, 0.1) is 6.92 Å². The van der Waals surface area contributed by atoms with Crippen LogP contribution in [0.4, 0.5) is 5.69 Å². The first kappa shape index (κ1) is 11.6. The Morgan fingerprint density at radius 1 is 0.789 bits per heavy atom. The number of nitrogen functional groups attached to an aromatic ring is 1. The minimum absolute atomic E-state index is 0.791. The number of nitrogens with zero attached hydrogens (tertiary/aromatic N) is 1. The van der Waals surface area contributed by atoms with Gasteiger partial charge in [0.25, 0.3) is 0 Å². The second kappa shape index (κ2) is 4.65. The topological polar surface area (TPSA) is 30.9 Å². The fraction of sp³-hybridized carbons (Fsp3) is 0.0588. The third-order valence-corrected chi connectivity index (χ3v) is 3.32. The average molecular weight is 248 g/mol. The molecule has 19 heavy (non-hydrogen) atoms. The molecular formula is C17H16N2. The van der Waals surface area contributed by atoms with Crippen molar-refractivity contribution in [3.63, 3.8) is 0 Å². The number of aryl methyl sites for hydroxylation is 1. The number of anilines is 1. The third kappa shape index (κ3) is 2.02. The van der Waals surface area contributed by atoms with Crippen molar-refractivity contribution >= 4 is 5.69 Å². The standard InChI is InChI=1S/C17H16N2/c1-13-11-12-16(14-7-3-2-4-8-14)19(13)17-10-6-5-9-15(17)18/h2-12H,18H2,1H3. The van der Waals surface area contributed by atoms with Crippen LogP contribution in [0.1, 0.15) is 5.69 Å². The summed E-state index contributed by atoms with van der Waals surface area (Å²) in [6.07, 6.45) is 0. The highest BCUT2D eigenvalue weighted by Gasteiger charge is 2.10. The van der Waals surface area contributed by atoms with Crippen LogP contribution in [-0.4, -0.2) is 4.57 Å². The van der Waals surface area contributed by atoms with E-state index in [2.05, 4.69) is 54.0 Å². The molecule has 3 aromatic rings. The number of aromatic nitrogens is 1. The van der Waals surface area contributed by atoms with E-state index in [1.165, 1.54) is 11.3 Å². The van der Waals surface area contributed by atoms with Gasteiger partial charge in [0.2, 0.25) is 0 Å². The molecule has 0 aliphatic carbocycles. The molecule has 0 saturated heterocycles. The molecule has 0 aliphatic rings. The van der Waals surface area contributed by atoms with Crippen LogP contribution in [0.3, 0.4) is 0 Å². The largest absolute Gasteiger partial charge is 0.397 e. The zero-order valence-electron chi connectivity index (χ0n) is 10.9. The highest BCUT2D eigenvalue weighted by Crippen LogP contribution is 2.28. The van der Waals surface area contributed by atoms with E-state index in [1.807, 2.05) is 24.3 Å². The lowest BCUT2D eigenvalue weighted by Crippen LogP contribution is -2.02. The van der Waals surface area contributed by atoms with Gasteiger partial charge in [-0.2, -0.15) is 0 Å². The maximum absolute atomic E-state index is 6.11. The van der Waals surface area contributed by atoms with Gasteiger partial charge in [-0.15, -0.1) is 0 Å². The Balaban J connectivity index is 2.23. The van der Waals surface area contributed by atoms with Crippen LogP contribution in [0.5, 0.6) is 0 Å². The maximum atomic E-state index is 6.11. The van der Waals surface area contributed by atoms with E-state index in [-0.39, 0.29) is 0 Å². The van der Waals surface area contributed by atoms with Crippen LogP contribution in [0.2, 0.25) is 0 Å². The number of benzene rings is 2. The predicted molar refractivity (Wildman–Crippen MR) is 80.4 cm³/mol. The summed E-state index contributed by atoms with van der Waals surface area (Å²) in [5.41, 5.74) is 11.5. The molecule has 2 nitrogen and oxygen atoms in total. The molecule has 1 aromatic heterocycles. The highest BCUT2D eigenvalue weighted by molar-refractivity contribution is 5.68. The SMILES string of the molecule is Cc1ccc(-c2ccccc2)n1-c1ccccc1N. The Morgan fingerprint density at radius 2 is 1.47 bits per heavy atom. The minimum Gasteiger partial charge on any atom is -0.397 e. The van der Waals surface area contributed by atoms with Crippen LogP contribution < -0.4 is 5.73 Å². The lowest BCUT2D eigenvalue weighted by atomic mass is 10.1. The molecule has 3 rings (SSSR count). The summed E-state index contributed by atoms with van der Waals surface area (Å²) in [5.74, 6) is 0. The summed E-state index contributed by atoms with van der Waals surface area (Å²) < 4.78 is 2.20. The van der Waals surface area contributed by atoms with Crippen LogP contribution in [-0.2, 0) is 0 Å². The number of rotatable bonds is 2. The molecule has 0 spiro atoms. The maximum Gasteiger partial charge on any atom is 0.0688 e. The van der Waals surface area contributed by atoms with Gasteiger partial charge in [0.1, 0.15) is 0 Å². The lowest BCUT2D eigenvalue weighted by Gasteiger charge is -2.14. The van der Waals surface area contributed by atoms with Gasteiger partial charge in [-0.25, -0.2) is 0 Å². The Labute approximate surface area is 113 Å². The van der Waals surface area contributed by atoms with E-state index in [0.29, 0.717) is 0 Å². The van der Waals surface area contributed by atoms with Gasteiger partial charge in [-0.05, 0) is 36.8 Å². The summed E-state index contributed by atoms with van der Waals surface area (Å²) in [5, 5.41) is 0. The molecular weight excluding hydrogens is 232 g/mol. The van der Waals surface area contributed by atoms with E-state index in [1.54, 1.807) is 0 Å². The molecule has 2 heteroatoms. The van der Waals surface area contributed by atoms with Crippen molar-refractivity contribution in [3.05, 3.63) is 72.4 Å². The zero-order valence-corrected chi connectivity index (χ0v) is 10.9. The Morgan fingerprint density at radius 3 is 2.21 bits per heavy atom. The van der Waals surface area contributed by atoms with Gasteiger partial charge >= 0.3 is 0 Å². The average Bonchev–Trinajstić information content (AvgIpc) is 2.82. The van der Waals surface area contributed by atoms with Gasteiger partial charge in [0, 0.05) is 5.69 Å². The van der Waals surface area contributed by atoms with Crippen LogP contribution in [0.15, 0.2) is 66.7 Å². The van der Waals surface area contributed by atoms with E-state index >= 15 is 0 Å². The van der Waals surface area contributed by atoms with Gasteiger partial charge in [0.15, 0.2) is 0 Å². The van der Waals surface area contributed by atoms with Crippen molar-refractivity contribution < 1.29 is 0 Å². The minimum atomic E-state index is 0.791. The summed E-state index contributed by atoms with van der Waals surface area (Å²) in [6.45, 7) is 2.10. The second-order valence-corrected chi connectivity index (χ2v) is 4.62. The first-order chi connectivity index (χ1) is 9.27. The van der Waals surface area contributed by atoms with E-state index in [9.17, 15) is 0 Å². The monoisotopic (exact) mass is 248 g/mol. The molecule has 0 saturated carbocycles. The number of hydrogen-bond acceptors (Lipinski definition) is 1. The first-order valence-corrected chi connectivity index (χ1v) is 6.36. The molecule has 0 unspecified atom stereocenters. The van der Waals surface area contributed by atoms with Crippen molar-refractivity contribution in [1.82, 2.24) is 4.57 Å². The molecule has 0 atom stereocenters. The van der Waals surface area contributed by atoms with Crippen molar-refractivity contribution in [2.24, 2.45) is 0 Å². The molecule has 2 aromatic carbocycles. The summed E-state index contributed by atoms with van der Waals surface area (Å²) in [4.78, 5) is 0. The van der Waals surface area contributed by atoms with Crippen LogP contribution in [0.25, 0.3) is 16.9 Å². The molecule has 0 bridgehead atoms. The number of nitrogens with two attached hydrogens (primary N) is 1. The Hall–Kier alpha value is -2.48. The van der Waals surface area contributed by atoms with Gasteiger partial charge < -0.3 is 10.3 Å². The molecule has 2 N–H and O–H groups in total. The fourth-order valence-electron chi connectivity index (χ4n) is 2.38. The second-order valence-electron chi connectivity index (χ2n) is 4.62. The van der Waals surface area contributed by atoms with Gasteiger partial charge in [-0.3, -0.25) is 0 Å². The van der Waals surface area contributed by atoms with Crippen LogP contribution >= 0.6 is 0 Å². The van der Waals surface area contributed by atoms with Gasteiger partial charge in [-0.1, -0.05) is 42.5 Å². The summed E-state index contributed by atoms with van der Waals surface area (Å²) in [7, 11) is 0. The highest BCUT2D eigenvalue weighted by atomic mass is 15.0. The smallest absolute Gasteiger partial charge is 0.0688 e. The van der Waals surface area contributed by atoms with Gasteiger partial charge in [0.05, 0.1) is 17.1 Å². The normalized spacial score (nSPS) is 10.6. The molecule has 94 valence electrons. The lowest BCUT2D eigenvalue weighted by molar-refractivity contribution is 1.03. The molecule has 0 aliphatic heterocycles. The number of para-hydroxylation sites is 2. The molecule has 0 fully saturated rings. The first-order valence-electron chi connectivity index (χ1n) is 6.36. The Bertz CT molecular complexity index is 696. The number of hydrogen-bond donors (Lipinski definition) is 1. The van der Waals surface area contributed by atoms with E-state index in [4.69, 9.17) is 5.73 Å². The van der Waals surface area contributed by atoms with E-state index in [0.717, 1.165) is 17.1 Å². The van der Waals surface area contributed by atoms with Crippen molar-refractivity contribution in [1.29, 1.82) is 0 Å². The predicted octanol–water partition coefficient (Wildman–Crippen LogP) is 4.03. The summed E-state index contributed by atoms with van der Waals surface area (Å²) in [6, 6.07) is 22.6. The van der Waals surface area contributed by atoms with Crippen molar-refractivity contribution in [2.45, 2.75) is 6.92 Å². The molecule has 1 heterocycles. The fourth-order valence-corrected chi connectivity index (χ4v) is 2.38.